The molecule has 0 unspecified atom stereocenters. The first-order chi connectivity index (χ1) is 12.5. The van der Waals surface area contributed by atoms with E-state index in [1.807, 2.05) is 24.3 Å². The van der Waals surface area contributed by atoms with Crippen molar-refractivity contribution in [1.29, 1.82) is 0 Å². The molecule has 0 aliphatic carbocycles. The second kappa shape index (κ2) is 6.57. The fourth-order valence-electron chi connectivity index (χ4n) is 3.12. The summed E-state index contributed by atoms with van der Waals surface area (Å²) in [4.78, 5) is 24.9. The number of hydrogen-bond donors (Lipinski definition) is 0. The molecule has 0 saturated carbocycles. The largest absolute Gasteiger partial charge is 0.343 e. The maximum atomic E-state index is 13.9. The number of carbonyl (C=O) groups is 2. The summed E-state index contributed by atoms with van der Waals surface area (Å²) in [6.07, 6.45) is 1.75. The predicted octanol–water partition coefficient (Wildman–Crippen LogP) is 4.16. The molecule has 2 amide bonds. The standard InChI is InChI=1S/C19H14F2N2O2S/c20-15-4-2-5-16(21)14(15)10-22-8-7-13-12(3-1-6-17(13)22)9-23-18(24)11-26-19(23)25/h1-8H,9-11H2. The van der Waals surface area contributed by atoms with Gasteiger partial charge in [0.2, 0.25) is 5.91 Å². The lowest BCUT2D eigenvalue weighted by Gasteiger charge is -2.14. The molecule has 7 heteroatoms. The van der Waals surface area contributed by atoms with Gasteiger partial charge in [0.1, 0.15) is 11.6 Å². The fourth-order valence-corrected chi connectivity index (χ4v) is 3.85. The third-order valence-corrected chi connectivity index (χ3v) is 5.32. The summed E-state index contributed by atoms with van der Waals surface area (Å²) in [5, 5.41) is 0.599. The van der Waals surface area contributed by atoms with Crippen LogP contribution in [-0.2, 0) is 17.9 Å². The van der Waals surface area contributed by atoms with E-state index in [0.717, 1.165) is 28.2 Å². The quantitative estimate of drug-likeness (QED) is 0.691. The molecule has 1 aliphatic heterocycles. The van der Waals surface area contributed by atoms with E-state index in [1.165, 1.54) is 23.1 Å². The van der Waals surface area contributed by atoms with Crippen LogP contribution in [0.5, 0.6) is 0 Å². The number of rotatable bonds is 4. The number of halogens is 2. The highest BCUT2D eigenvalue weighted by molar-refractivity contribution is 8.14. The zero-order chi connectivity index (χ0) is 18.3. The van der Waals surface area contributed by atoms with Crippen LogP contribution in [0.3, 0.4) is 0 Å². The van der Waals surface area contributed by atoms with Crippen LogP contribution in [0.4, 0.5) is 13.6 Å². The van der Waals surface area contributed by atoms with Gasteiger partial charge >= 0.3 is 0 Å². The fraction of sp³-hybridized carbons (Fsp3) is 0.158. The Balaban J connectivity index is 1.69. The van der Waals surface area contributed by atoms with Crippen molar-refractivity contribution in [2.24, 2.45) is 0 Å². The molecule has 1 aliphatic rings. The maximum absolute atomic E-state index is 13.9. The van der Waals surface area contributed by atoms with Crippen molar-refractivity contribution in [1.82, 2.24) is 9.47 Å². The highest BCUT2D eigenvalue weighted by Crippen LogP contribution is 2.27. The van der Waals surface area contributed by atoms with Gasteiger partial charge in [-0.15, -0.1) is 0 Å². The smallest absolute Gasteiger partial charge is 0.289 e. The first kappa shape index (κ1) is 16.8. The van der Waals surface area contributed by atoms with E-state index in [2.05, 4.69) is 0 Å². The van der Waals surface area contributed by atoms with Gasteiger partial charge in [0.25, 0.3) is 5.24 Å². The van der Waals surface area contributed by atoms with Crippen molar-refractivity contribution >= 4 is 33.8 Å². The molecular weight excluding hydrogens is 358 g/mol. The van der Waals surface area contributed by atoms with Gasteiger partial charge in [0.05, 0.1) is 18.8 Å². The van der Waals surface area contributed by atoms with Gasteiger partial charge in [-0.1, -0.05) is 30.0 Å². The molecule has 2 aromatic carbocycles. The highest BCUT2D eigenvalue weighted by Gasteiger charge is 2.30. The Kier molecular flexibility index (Phi) is 4.24. The number of carbonyl (C=O) groups excluding carboxylic acids is 2. The van der Waals surface area contributed by atoms with Crippen LogP contribution in [0.25, 0.3) is 10.9 Å². The van der Waals surface area contributed by atoms with Crippen LogP contribution in [0, 0.1) is 11.6 Å². The van der Waals surface area contributed by atoms with Crippen LogP contribution in [0.1, 0.15) is 11.1 Å². The summed E-state index contributed by atoms with van der Waals surface area (Å²) < 4.78 is 29.6. The molecule has 0 spiro atoms. The first-order valence-corrected chi connectivity index (χ1v) is 9.00. The SMILES string of the molecule is O=C1CSC(=O)N1Cc1cccc2c1ccn2Cc1c(F)cccc1F. The van der Waals surface area contributed by atoms with Crippen LogP contribution >= 0.6 is 11.8 Å². The minimum absolute atomic E-state index is 0.00305. The van der Waals surface area contributed by atoms with Crippen molar-refractivity contribution < 1.29 is 18.4 Å². The molecule has 2 heterocycles. The summed E-state index contributed by atoms with van der Waals surface area (Å²) in [6, 6.07) is 11.1. The summed E-state index contributed by atoms with van der Waals surface area (Å²) in [7, 11) is 0. The van der Waals surface area contributed by atoms with Gasteiger partial charge in [-0.25, -0.2) is 8.78 Å². The number of aromatic nitrogens is 1. The molecule has 0 bridgehead atoms. The van der Waals surface area contributed by atoms with Crippen molar-refractivity contribution in [2.75, 3.05) is 5.75 Å². The average molecular weight is 372 g/mol. The minimum Gasteiger partial charge on any atom is -0.343 e. The summed E-state index contributed by atoms with van der Waals surface area (Å²) in [6.45, 7) is 0.253. The lowest BCUT2D eigenvalue weighted by molar-refractivity contribution is -0.124. The third kappa shape index (κ3) is 2.88. The van der Waals surface area contributed by atoms with E-state index in [-0.39, 0.29) is 35.6 Å². The van der Waals surface area contributed by atoms with E-state index in [0.29, 0.717) is 0 Å². The van der Waals surface area contributed by atoms with Gasteiger partial charge in [0.15, 0.2) is 0 Å². The number of hydrogen-bond acceptors (Lipinski definition) is 3. The van der Waals surface area contributed by atoms with Crippen molar-refractivity contribution in [3.63, 3.8) is 0 Å². The Morgan fingerprint density at radius 1 is 0.962 bits per heavy atom. The van der Waals surface area contributed by atoms with Crippen molar-refractivity contribution in [2.45, 2.75) is 13.1 Å². The molecule has 4 nitrogen and oxygen atoms in total. The highest BCUT2D eigenvalue weighted by atomic mass is 32.2. The molecule has 1 saturated heterocycles. The number of thioether (sulfide) groups is 1. The Hall–Kier alpha value is -2.67. The number of nitrogens with zero attached hydrogens (tertiary/aromatic N) is 2. The van der Waals surface area contributed by atoms with E-state index in [1.54, 1.807) is 10.8 Å². The zero-order valence-corrected chi connectivity index (χ0v) is 14.4. The van der Waals surface area contributed by atoms with E-state index < -0.39 is 11.6 Å². The zero-order valence-electron chi connectivity index (χ0n) is 13.6. The van der Waals surface area contributed by atoms with Crippen LogP contribution in [0.2, 0.25) is 0 Å². The number of imide groups is 1. The molecule has 1 aromatic heterocycles. The third-order valence-electron chi connectivity index (χ3n) is 4.46. The lowest BCUT2D eigenvalue weighted by atomic mass is 10.1. The normalized spacial score (nSPS) is 14.6. The number of amides is 2. The Labute approximate surface area is 152 Å². The van der Waals surface area contributed by atoms with Gasteiger partial charge in [-0.3, -0.25) is 14.5 Å². The van der Waals surface area contributed by atoms with E-state index in [9.17, 15) is 18.4 Å². The van der Waals surface area contributed by atoms with Crippen LogP contribution in [-0.4, -0.2) is 26.4 Å². The predicted molar refractivity (Wildman–Crippen MR) is 95.8 cm³/mol. The molecule has 132 valence electrons. The molecule has 1 fully saturated rings. The minimum atomic E-state index is -0.590. The van der Waals surface area contributed by atoms with E-state index >= 15 is 0 Å². The summed E-state index contributed by atoms with van der Waals surface area (Å²) in [5.41, 5.74) is 1.60. The average Bonchev–Trinajstić information content (AvgIpc) is 3.17. The monoisotopic (exact) mass is 372 g/mol. The molecule has 3 aromatic rings. The molecule has 0 N–H and O–H groups in total. The van der Waals surface area contributed by atoms with Gasteiger partial charge in [-0.05, 0) is 29.8 Å². The van der Waals surface area contributed by atoms with E-state index in [4.69, 9.17) is 0 Å². The second-order valence-electron chi connectivity index (χ2n) is 6.03. The number of fused-ring (bicyclic) bond motifs is 1. The summed E-state index contributed by atoms with van der Waals surface area (Å²) >= 11 is 0.997. The Morgan fingerprint density at radius 3 is 2.38 bits per heavy atom. The van der Waals surface area contributed by atoms with Crippen molar-refractivity contribution in [3.05, 3.63) is 71.4 Å². The molecule has 4 rings (SSSR count). The first-order valence-electron chi connectivity index (χ1n) is 8.01. The summed E-state index contributed by atoms with van der Waals surface area (Å²) in [5.74, 6) is -1.21. The molecule has 0 radical (unpaired) electrons. The molecular formula is C19H14F2N2O2S. The Bertz CT molecular complexity index is 995. The van der Waals surface area contributed by atoms with Gasteiger partial charge in [0, 0.05) is 22.7 Å². The molecule has 0 atom stereocenters. The molecule has 26 heavy (non-hydrogen) atoms. The van der Waals surface area contributed by atoms with Crippen LogP contribution in [0.15, 0.2) is 48.7 Å². The van der Waals surface area contributed by atoms with Gasteiger partial charge in [-0.2, -0.15) is 0 Å². The lowest BCUT2D eigenvalue weighted by Crippen LogP contribution is -2.27. The van der Waals surface area contributed by atoms with Crippen molar-refractivity contribution in [3.8, 4) is 0 Å². The number of benzene rings is 2. The second-order valence-corrected chi connectivity index (χ2v) is 6.95. The maximum Gasteiger partial charge on any atom is 0.289 e. The Morgan fingerprint density at radius 2 is 1.69 bits per heavy atom. The van der Waals surface area contributed by atoms with Gasteiger partial charge < -0.3 is 4.57 Å². The van der Waals surface area contributed by atoms with Crippen LogP contribution < -0.4 is 0 Å². The topological polar surface area (TPSA) is 42.3 Å².